The molecule has 220 valence electrons. The molecule has 0 aliphatic carbocycles. The summed E-state index contributed by atoms with van der Waals surface area (Å²) in [5.74, 6) is -0.0775. The van der Waals surface area contributed by atoms with Crippen LogP contribution >= 0.6 is 11.6 Å². The van der Waals surface area contributed by atoms with Crippen molar-refractivity contribution in [1.29, 1.82) is 0 Å². The van der Waals surface area contributed by atoms with Gasteiger partial charge in [-0.3, -0.25) is 13.9 Å². The zero-order valence-corrected chi connectivity index (χ0v) is 25.3. The summed E-state index contributed by atoms with van der Waals surface area (Å²) in [5, 5.41) is 3.49. The van der Waals surface area contributed by atoms with Crippen molar-refractivity contribution < 1.29 is 22.7 Å². The first kappa shape index (κ1) is 32.0. The summed E-state index contributed by atoms with van der Waals surface area (Å²) in [4.78, 5) is 28.9. The molecular formula is C31H38ClN3O5S. The molecule has 10 heteroatoms. The fourth-order valence-electron chi connectivity index (χ4n) is 4.57. The maximum atomic E-state index is 13.9. The molecule has 3 aromatic carbocycles. The molecule has 8 nitrogen and oxygen atoms in total. The van der Waals surface area contributed by atoms with Gasteiger partial charge < -0.3 is 15.0 Å². The molecule has 0 spiro atoms. The summed E-state index contributed by atoms with van der Waals surface area (Å²) in [6.45, 7) is 2.71. The minimum absolute atomic E-state index is 0.0358. The smallest absolute Gasteiger partial charge is 0.243 e. The molecule has 0 saturated carbocycles. The Labute approximate surface area is 248 Å². The average Bonchev–Trinajstić information content (AvgIpc) is 2.95. The number of carbonyl (C=O) groups excluding carboxylic acids is 2. The fraction of sp³-hybridized carbons (Fsp3) is 0.355. The molecule has 0 radical (unpaired) electrons. The van der Waals surface area contributed by atoms with Gasteiger partial charge in [-0.25, -0.2) is 8.42 Å². The van der Waals surface area contributed by atoms with Crippen molar-refractivity contribution in [1.82, 2.24) is 10.2 Å². The number of anilines is 1. The summed E-state index contributed by atoms with van der Waals surface area (Å²) in [6.07, 6.45) is 2.50. The third-order valence-corrected chi connectivity index (χ3v) is 7.98. The van der Waals surface area contributed by atoms with Crippen LogP contribution in [0.2, 0.25) is 5.02 Å². The van der Waals surface area contributed by atoms with Crippen molar-refractivity contribution in [2.75, 3.05) is 30.8 Å². The molecule has 0 aromatic heterocycles. The van der Waals surface area contributed by atoms with E-state index in [-0.39, 0.29) is 37.7 Å². The zero-order chi connectivity index (χ0) is 29.8. The van der Waals surface area contributed by atoms with E-state index >= 15 is 0 Å². The van der Waals surface area contributed by atoms with Crippen LogP contribution in [-0.2, 0) is 32.6 Å². The minimum Gasteiger partial charge on any atom is -0.495 e. The molecule has 0 aliphatic heterocycles. The lowest BCUT2D eigenvalue weighted by molar-refractivity contribution is -0.141. The monoisotopic (exact) mass is 599 g/mol. The Morgan fingerprint density at radius 1 is 0.976 bits per heavy atom. The number of benzene rings is 3. The molecule has 0 saturated heterocycles. The molecule has 0 aliphatic rings. The highest BCUT2D eigenvalue weighted by Crippen LogP contribution is 2.30. The molecule has 3 rings (SSSR count). The van der Waals surface area contributed by atoms with Gasteiger partial charge in [-0.1, -0.05) is 73.1 Å². The van der Waals surface area contributed by atoms with Crippen LogP contribution in [0.15, 0.2) is 78.9 Å². The Morgan fingerprint density at radius 3 is 2.32 bits per heavy atom. The van der Waals surface area contributed by atoms with E-state index in [4.69, 9.17) is 16.3 Å². The van der Waals surface area contributed by atoms with Crippen LogP contribution in [0.5, 0.6) is 5.75 Å². The summed E-state index contributed by atoms with van der Waals surface area (Å²) < 4.78 is 32.0. The topological polar surface area (TPSA) is 96.0 Å². The molecule has 0 fully saturated rings. The Hall–Kier alpha value is -3.56. The first-order valence-corrected chi connectivity index (χ1v) is 15.8. The maximum absolute atomic E-state index is 13.9. The predicted octanol–water partition coefficient (Wildman–Crippen LogP) is 5.06. The number of sulfonamides is 1. The Balaban J connectivity index is 1.88. The lowest BCUT2D eigenvalue weighted by Gasteiger charge is -2.32. The predicted molar refractivity (Wildman–Crippen MR) is 164 cm³/mol. The number of methoxy groups -OCH3 is 1. The number of ether oxygens (including phenoxy) is 1. The van der Waals surface area contributed by atoms with E-state index in [9.17, 15) is 18.0 Å². The van der Waals surface area contributed by atoms with Crippen LogP contribution in [0.1, 0.15) is 37.3 Å². The zero-order valence-electron chi connectivity index (χ0n) is 23.8. The van der Waals surface area contributed by atoms with Gasteiger partial charge in [-0.2, -0.15) is 0 Å². The van der Waals surface area contributed by atoms with Crippen LogP contribution in [0, 0.1) is 0 Å². The van der Waals surface area contributed by atoms with Gasteiger partial charge in [0.15, 0.2) is 0 Å². The van der Waals surface area contributed by atoms with Crippen LogP contribution in [0.4, 0.5) is 5.69 Å². The molecule has 1 unspecified atom stereocenters. The number of nitrogens with one attached hydrogen (secondary N) is 1. The van der Waals surface area contributed by atoms with Crippen molar-refractivity contribution in [3.05, 3.63) is 95.0 Å². The third kappa shape index (κ3) is 9.50. The first-order chi connectivity index (χ1) is 19.6. The van der Waals surface area contributed by atoms with Gasteiger partial charge in [-0.15, -0.1) is 0 Å². The number of rotatable bonds is 15. The van der Waals surface area contributed by atoms with Gasteiger partial charge in [0.05, 0.1) is 19.1 Å². The number of amides is 2. The van der Waals surface area contributed by atoms with Gasteiger partial charge >= 0.3 is 0 Å². The van der Waals surface area contributed by atoms with Gasteiger partial charge in [0.2, 0.25) is 21.8 Å². The normalized spacial score (nSPS) is 11.9. The summed E-state index contributed by atoms with van der Waals surface area (Å²) in [6, 6.07) is 22.8. The first-order valence-electron chi connectivity index (χ1n) is 13.6. The van der Waals surface area contributed by atoms with E-state index in [1.165, 1.54) is 11.4 Å². The SMILES string of the molecule is CCCNC(=O)C(Cc1ccccc1)N(Cc1cccc(Cl)c1)C(=O)CCCN(c1ccccc1OC)S(C)(=O)=O. The minimum atomic E-state index is -3.65. The second kappa shape index (κ2) is 15.4. The van der Waals surface area contributed by atoms with Crippen molar-refractivity contribution in [2.24, 2.45) is 0 Å². The Morgan fingerprint density at radius 2 is 1.66 bits per heavy atom. The number of carbonyl (C=O) groups is 2. The highest BCUT2D eigenvalue weighted by Gasteiger charge is 2.30. The van der Waals surface area contributed by atoms with Crippen LogP contribution in [-0.4, -0.2) is 57.6 Å². The Bertz CT molecular complexity index is 1400. The number of hydrogen-bond donors (Lipinski definition) is 1. The molecule has 41 heavy (non-hydrogen) atoms. The fourth-order valence-corrected chi connectivity index (χ4v) is 5.75. The second-order valence-corrected chi connectivity index (χ2v) is 12.1. The van der Waals surface area contributed by atoms with E-state index in [1.807, 2.05) is 43.3 Å². The molecular weight excluding hydrogens is 562 g/mol. The second-order valence-electron chi connectivity index (χ2n) is 9.76. The van der Waals surface area contributed by atoms with Gasteiger partial charge in [-0.05, 0) is 48.2 Å². The molecule has 1 N–H and O–H groups in total. The van der Waals surface area contributed by atoms with Crippen LogP contribution < -0.4 is 14.4 Å². The highest BCUT2D eigenvalue weighted by molar-refractivity contribution is 7.92. The standard InChI is InChI=1S/C31H38ClN3O5S/c1-4-19-33-31(37)28(22-24-12-6-5-7-13-24)34(23-25-14-10-15-26(32)21-25)30(36)18-11-20-35(41(3,38)39)27-16-8-9-17-29(27)40-2/h5-10,12-17,21,28H,4,11,18-20,22-23H2,1-3H3,(H,33,37). The molecule has 3 aromatic rings. The van der Waals surface area contributed by atoms with E-state index in [2.05, 4.69) is 5.32 Å². The number of halogens is 1. The molecule has 0 heterocycles. The molecule has 2 amide bonds. The lowest BCUT2D eigenvalue weighted by Crippen LogP contribution is -2.50. The van der Waals surface area contributed by atoms with Crippen molar-refractivity contribution >= 4 is 39.1 Å². The van der Waals surface area contributed by atoms with Gasteiger partial charge in [0.25, 0.3) is 0 Å². The quantitative estimate of drug-likeness (QED) is 0.263. The third-order valence-electron chi connectivity index (χ3n) is 6.57. The molecule has 0 bridgehead atoms. The largest absolute Gasteiger partial charge is 0.495 e. The summed E-state index contributed by atoms with van der Waals surface area (Å²) in [5.41, 5.74) is 2.12. The van der Waals surface area contributed by atoms with Crippen LogP contribution in [0.3, 0.4) is 0 Å². The lowest BCUT2D eigenvalue weighted by atomic mass is 10.0. The molecule has 1 atom stereocenters. The van der Waals surface area contributed by atoms with Crippen molar-refractivity contribution in [3.8, 4) is 5.75 Å². The van der Waals surface area contributed by atoms with E-state index in [1.54, 1.807) is 47.4 Å². The number of hydrogen-bond acceptors (Lipinski definition) is 5. The average molecular weight is 600 g/mol. The van der Waals surface area contributed by atoms with Crippen LogP contribution in [0.25, 0.3) is 0 Å². The van der Waals surface area contributed by atoms with Crippen molar-refractivity contribution in [2.45, 2.75) is 45.2 Å². The maximum Gasteiger partial charge on any atom is 0.243 e. The summed E-state index contributed by atoms with van der Waals surface area (Å²) in [7, 11) is -2.17. The Kier molecular flexibility index (Phi) is 12.0. The highest BCUT2D eigenvalue weighted by atomic mass is 35.5. The van der Waals surface area contributed by atoms with Gasteiger partial charge in [0, 0.05) is 37.5 Å². The van der Waals surface area contributed by atoms with E-state index in [0.717, 1.165) is 23.8 Å². The number of para-hydroxylation sites is 2. The number of nitrogens with zero attached hydrogens (tertiary/aromatic N) is 2. The summed E-state index contributed by atoms with van der Waals surface area (Å²) >= 11 is 6.24. The van der Waals surface area contributed by atoms with Crippen molar-refractivity contribution in [3.63, 3.8) is 0 Å². The van der Waals surface area contributed by atoms with E-state index < -0.39 is 16.1 Å². The van der Waals surface area contributed by atoms with E-state index in [0.29, 0.717) is 29.4 Å². The van der Waals surface area contributed by atoms with Gasteiger partial charge in [0.1, 0.15) is 11.8 Å².